The van der Waals surface area contributed by atoms with Crippen molar-refractivity contribution in [1.82, 2.24) is 5.32 Å². The minimum atomic E-state index is -1.07. The summed E-state index contributed by atoms with van der Waals surface area (Å²) in [5, 5.41) is 16.0. The number of aromatic hydroxyl groups is 1. The Balaban J connectivity index is 2.86. The molecule has 0 heterocycles. The standard InChI is InChI=1S/C13H18N4O3/c1-13(12(19)20-2,15-7-4-8-16-17-14)10-5-3-6-11(18)9-10/h3,5-6,9,15,18H,4,7-8H2,1-2H3. The van der Waals surface area contributed by atoms with Crippen molar-refractivity contribution in [2.24, 2.45) is 5.11 Å². The SMILES string of the molecule is COC(=O)C(C)(NCCCN=[N+]=[N-])c1cccc(O)c1. The molecule has 1 atom stereocenters. The van der Waals surface area contributed by atoms with E-state index in [4.69, 9.17) is 10.3 Å². The van der Waals surface area contributed by atoms with E-state index < -0.39 is 11.5 Å². The minimum Gasteiger partial charge on any atom is -0.508 e. The number of methoxy groups -OCH3 is 1. The molecule has 0 saturated heterocycles. The third kappa shape index (κ3) is 3.88. The Bertz CT molecular complexity index is 514. The van der Waals surface area contributed by atoms with Crippen molar-refractivity contribution in [3.8, 4) is 5.75 Å². The molecule has 0 amide bonds. The highest BCUT2D eigenvalue weighted by molar-refractivity contribution is 5.82. The van der Waals surface area contributed by atoms with Gasteiger partial charge in [0.15, 0.2) is 0 Å². The summed E-state index contributed by atoms with van der Waals surface area (Å²) in [5.74, 6) is -0.375. The predicted molar refractivity (Wildman–Crippen MR) is 74.1 cm³/mol. The number of rotatable bonds is 7. The molecule has 0 saturated carbocycles. The molecule has 0 aromatic heterocycles. The van der Waals surface area contributed by atoms with E-state index in [9.17, 15) is 9.90 Å². The van der Waals surface area contributed by atoms with Crippen LogP contribution in [-0.4, -0.2) is 31.3 Å². The first kappa shape index (κ1) is 15.8. The van der Waals surface area contributed by atoms with Crippen LogP contribution >= 0.6 is 0 Å². The van der Waals surface area contributed by atoms with Gasteiger partial charge in [0.2, 0.25) is 0 Å². The Kier molecular flexibility index (Phi) is 5.83. The van der Waals surface area contributed by atoms with Gasteiger partial charge in [0.25, 0.3) is 0 Å². The maximum absolute atomic E-state index is 12.0. The molecule has 1 rings (SSSR count). The topological polar surface area (TPSA) is 107 Å². The van der Waals surface area contributed by atoms with Crippen LogP contribution in [0.25, 0.3) is 10.4 Å². The molecule has 1 aromatic carbocycles. The normalized spacial score (nSPS) is 13.1. The number of azide groups is 1. The Morgan fingerprint density at radius 1 is 1.60 bits per heavy atom. The number of benzene rings is 1. The number of nitrogens with one attached hydrogen (secondary N) is 1. The van der Waals surface area contributed by atoms with E-state index in [1.165, 1.54) is 19.2 Å². The molecule has 0 radical (unpaired) electrons. The predicted octanol–water partition coefficient (Wildman–Crippen LogP) is 2.07. The number of hydrogen-bond acceptors (Lipinski definition) is 5. The third-order valence-electron chi connectivity index (χ3n) is 2.99. The number of carbonyl (C=O) groups excluding carboxylic acids is 1. The van der Waals surface area contributed by atoms with Crippen molar-refractivity contribution in [2.75, 3.05) is 20.2 Å². The van der Waals surface area contributed by atoms with E-state index in [1.54, 1.807) is 19.1 Å². The van der Waals surface area contributed by atoms with E-state index in [2.05, 4.69) is 15.3 Å². The zero-order chi connectivity index (χ0) is 15.0. The fraction of sp³-hybridized carbons (Fsp3) is 0.462. The summed E-state index contributed by atoms with van der Waals surface area (Å²) in [6.07, 6.45) is 0.593. The van der Waals surface area contributed by atoms with Crippen LogP contribution in [0.5, 0.6) is 5.75 Å². The second kappa shape index (κ2) is 7.37. The maximum atomic E-state index is 12.0. The highest BCUT2D eigenvalue weighted by atomic mass is 16.5. The van der Waals surface area contributed by atoms with Crippen LogP contribution in [0.3, 0.4) is 0 Å². The summed E-state index contributed by atoms with van der Waals surface area (Å²) in [6.45, 7) is 2.50. The van der Waals surface area contributed by atoms with Gasteiger partial charge >= 0.3 is 5.97 Å². The molecule has 7 nitrogen and oxygen atoms in total. The van der Waals surface area contributed by atoms with Crippen LogP contribution in [0.4, 0.5) is 0 Å². The number of nitrogens with zero attached hydrogens (tertiary/aromatic N) is 3. The van der Waals surface area contributed by atoms with Crippen molar-refractivity contribution in [1.29, 1.82) is 0 Å². The number of carbonyl (C=O) groups is 1. The summed E-state index contributed by atoms with van der Waals surface area (Å²) in [5.41, 5.74) is 7.74. The fourth-order valence-corrected chi connectivity index (χ4v) is 1.85. The van der Waals surface area contributed by atoms with Crippen LogP contribution in [0, 0.1) is 0 Å². The molecular formula is C13H18N4O3. The van der Waals surface area contributed by atoms with E-state index >= 15 is 0 Å². The third-order valence-corrected chi connectivity index (χ3v) is 2.99. The van der Waals surface area contributed by atoms with Crippen molar-refractivity contribution >= 4 is 5.97 Å². The van der Waals surface area contributed by atoms with E-state index in [-0.39, 0.29) is 5.75 Å². The molecule has 0 aliphatic carbocycles. The lowest BCUT2D eigenvalue weighted by atomic mass is 9.91. The molecule has 1 unspecified atom stereocenters. The fourth-order valence-electron chi connectivity index (χ4n) is 1.85. The first-order chi connectivity index (χ1) is 9.54. The zero-order valence-corrected chi connectivity index (χ0v) is 11.5. The number of esters is 1. The first-order valence-corrected chi connectivity index (χ1v) is 6.18. The Morgan fingerprint density at radius 3 is 2.95 bits per heavy atom. The van der Waals surface area contributed by atoms with E-state index in [0.717, 1.165) is 0 Å². The largest absolute Gasteiger partial charge is 0.508 e. The smallest absolute Gasteiger partial charge is 0.330 e. The number of hydrogen-bond donors (Lipinski definition) is 2. The molecule has 0 bridgehead atoms. The summed E-state index contributed by atoms with van der Waals surface area (Å²) >= 11 is 0. The first-order valence-electron chi connectivity index (χ1n) is 6.18. The summed E-state index contributed by atoms with van der Waals surface area (Å²) in [4.78, 5) is 14.7. The molecular weight excluding hydrogens is 260 g/mol. The van der Waals surface area contributed by atoms with Crippen LogP contribution < -0.4 is 5.32 Å². The summed E-state index contributed by atoms with van der Waals surface area (Å²) in [7, 11) is 1.31. The lowest BCUT2D eigenvalue weighted by Gasteiger charge is -2.28. The molecule has 20 heavy (non-hydrogen) atoms. The Hall–Kier alpha value is -2.24. The van der Waals surface area contributed by atoms with E-state index in [1.807, 2.05) is 0 Å². The van der Waals surface area contributed by atoms with Crippen molar-refractivity contribution in [3.63, 3.8) is 0 Å². The monoisotopic (exact) mass is 278 g/mol. The Morgan fingerprint density at radius 2 is 2.35 bits per heavy atom. The van der Waals surface area contributed by atoms with Gasteiger partial charge in [-0.2, -0.15) is 0 Å². The summed E-state index contributed by atoms with van der Waals surface area (Å²) in [6, 6.07) is 6.44. The van der Waals surface area contributed by atoms with Gasteiger partial charge in [-0.25, -0.2) is 4.79 Å². The molecule has 1 aromatic rings. The second-order valence-corrected chi connectivity index (χ2v) is 4.40. The molecule has 2 N–H and O–H groups in total. The molecule has 0 aliphatic rings. The van der Waals surface area contributed by atoms with Crippen molar-refractivity contribution < 1.29 is 14.6 Å². The van der Waals surface area contributed by atoms with Crippen LogP contribution in [-0.2, 0) is 15.1 Å². The molecule has 0 fully saturated rings. The molecule has 0 aliphatic heterocycles. The van der Waals surface area contributed by atoms with Gasteiger partial charge in [-0.3, -0.25) is 5.32 Å². The minimum absolute atomic E-state index is 0.0773. The van der Waals surface area contributed by atoms with Gasteiger partial charge in [-0.15, -0.1) is 0 Å². The highest BCUT2D eigenvalue weighted by Crippen LogP contribution is 2.25. The van der Waals surface area contributed by atoms with Gasteiger partial charge in [-0.05, 0) is 43.1 Å². The Labute approximate surface area is 117 Å². The maximum Gasteiger partial charge on any atom is 0.330 e. The van der Waals surface area contributed by atoms with Crippen LogP contribution in [0.1, 0.15) is 18.9 Å². The van der Waals surface area contributed by atoms with Gasteiger partial charge in [0.1, 0.15) is 11.3 Å². The van der Waals surface area contributed by atoms with Gasteiger partial charge in [0, 0.05) is 11.5 Å². The van der Waals surface area contributed by atoms with Gasteiger partial charge in [0.05, 0.1) is 7.11 Å². The highest BCUT2D eigenvalue weighted by Gasteiger charge is 2.35. The van der Waals surface area contributed by atoms with Crippen molar-refractivity contribution in [2.45, 2.75) is 18.9 Å². The van der Waals surface area contributed by atoms with Gasteiger partial charge in [-0.1, -0.05) is 17.2 Å². The molecule has 108 valence electrons. The summed E-state index contributed by atoms with van der Waals surface area (Å²) < 4.78 is 4.82. The zero-order valence-electron chi connectivity index (χ0n) is 11.5. The average Bonchev–Trinajstić information content (AvgIpc) is 2.46. The van der Waals surface area contributed by atoms with Crippen molar-refractivity contribution in [3.05, 3.63) is 40.3 Å². The number of ether oxygens (including phenoxy) is 1. The van der Waals surface area contributed by atoms with E-state index in [0.29, 0.717) is 25.1 Å². The number of phenols is 1. The van der Waals surface area contributed by atoms with Gasteiger partial charge < -0.3 is 9.84 Å². The lowest BCUT2D eigenvalue weighted by molar-refractivity contribution is -0.148. The average molecular weight is 278 g/mol. The number of phenolic OH excluding ortho intramolecular Hbond substituents is 1. The lowest BCUT2D eigenvalue weighted by Crippen LogP contribution is -2.47. The molecule has 7 heteroatoms. The van der Waals surface area contributed by atoms with Crippen LogP contribution in [0.15, 0.2) is 29.4 Å². The van der Waals surface area contributed by atoms with Crippen LogP contribution in [0.2, 0.25) is 0 Å². The quantitative estimate of drug-likeness (QED) is 0.262. The molecule has 0 spiro atoms. The second-order valence-electron chi connectivity index (χ2n) is 4.40.